The average Bonchev–Trinajstić information content (AvgIpc) is 3.09. The van der Waals surface area contributed by atoms with Gasteiger partial charge in [0.1, 0.15) is 6.54 Å². The zero-order chi connectivity index (χ0) is 20.9. The number of fused-ring (bicyclic) bond motifs is 1. The number of hydrogen-bond donors (Lipinski definition) is 1. The summed E-state index contributed by atoms with van der Waals surface area (Å²) in [4.78, 5) is 40.6. The molecule has 0 atom stereocenters. The van der Waals surface area contributed by atoms with E-state index in [1.165, 1.54) is 9.80 Å². The first-order chi connectivity index (χ1) is 13.8. The van der Waals surface area contributed by atoms with Crippen LogP contribution in [0.15, 0.2) is 47.4 Å². The zero-order valence-corrected chi connectivity index (χ0v) is 17.3. The summed E-state index contributed by atoms with van der Waals surface area (Å²) in [5, 5.41) is 9.20. The van der Waals surface area contributed by atoms with Crippen molar-refractivity contribution in [3.63, 3.8) is 0 Å². The maximum Gasteiger partial charge on any atom is 0.323 e. The molecule has 0 aromatic heterocycles. The summed E-state index contributed by atoms with van der Waals surface area (Å²) in [5.41, 5.74) is 3.74. The molecule has 2 aromatic carbocycles. The molecule has 0 unspecified atom stereocenters. The summed E-state index contributed by atoms with van der Waals surface area (Å²) in [6.45, 7) is 3.33. The van der Waals surface area contributed by atoms with E-state index in [0.717, 1.165) is 22.9 Å². The van der Waals surface area contributed by atoms with Gasteiger partial charge in [-0.25, -0.2) is 0 Å². The van der Waals surface area contributed by atoms with Crippen LogP contribution in [0.2, 0.25) is 0 Å². The zero-order valence-electron chi connectivity index (χ0n) is 15.6. The number of thiocarbonyl (C=S) groups is 1. The lowest BCUT2D eigenvalue weighted by molar-refractivity contribution is -0.136. The normalized spacial score (nSPS) is 18.6. The van der Waals surface area contributed by atoms with Crippen LogP contribution in [0, 0.1) is 13.8 Å². The molecular formula is C21H16N2O4S2. The Labute approximate surface area is 176 Å². The fourth-order valence-electron chi connectivity index (χ4n) is 3.66. The van der Waals surface area contributed by atoms with E-state index in [1.54, 1.807) is 24.3 Å². The first kappa shape index (κ1) is 19.4. The van der Waals surface area contributed by atoms with Gasteiger partial charge in [0.05, 0.1) is 21.9 Å². The SMILES string of the molecule is Cc1cccc(C)c1N1C(=O)/C(=C2/C(=O)N(CC(=O)O)c3ccccc32)SC1=S. The predicted molar refractivity (Wildman–Crippen MR) is 117 cm³/mol. The van der Waals surface area contributed by atoms with Crippen molar-refractivity contribution in [1.82, 2.24) is 0 Å². The first-order valence-electron chi connectivity index (χ1n) is 8.81. The molecule has 2 aromatic rings. The Morgan fingerprint density at radius 1 is 1.03 bits per heavy atom. The first-order valence-corrected chi connectivity index (χ1v) is 10.0. The molecule has 6 nitrogen and oxygen atoms in total. The summed E-state index contributed by atoms with van der Waals surface area (Å²) < 4.78 is 0.344. The maximum absolute atomic E-state index is 13.4. The molecule has 146 valence electrons. The molecule has 0 saturated carbocycles. The van der Waals surface area contributed by atoms with E-state index < -0.39 is 18.4 Å². The van der Waals surface area contributed by atoms with Gasteiger partial charge >= 0.3 is 5.97 Å². The summed E-state index contributed by atoms with van der Waals surface area (Å²) in [5.74, 6) is -2.00. The Hall–Kier alpha value is -2.97. The molecule has 0 aliphatic carbocycles. The second kappa shape index (κ2) is 7.13. The fourth-order valence-corrected chi connectivity index (χ4v) is 5.00. The number of aliphatic carboxylic acids is 1. The van der Waals surface area contributed by atoms with Crippen LogP contribution in [0.4, 0.5) is 11.4 Å². The van der Waals surface area contributed by atoms with Crippen LogP contribution in [-0.4, -0.2) is 33.8 Å². The van der Waals surface area contributed by atoms with Crippen molar-refractivity contribution >= 4 is 63.0 Å². The summed E-state index contributed by atoms with van der Waals surface area (Å²) >= 11 is 6.55. The number of carbonyl (C=O) groups excluding carboxylic acids is 2. The van der Waals surface area contributed by atoms with Gasteiger partial charge in [0, 0.05) is 5.56 Å². The maximum atomic E-state index is 13.4. The number of carboxylic acid groups (broad SMARTS) is 1. The van der Waals surface area contributed by atoms with Gasteiger partial charge in [0.2, 0.25) is 0 Å². The minimum Gasteiger partial charge on any atom is -0.480 e. The van der Waals surface area contributed by atoms with Crippen molar-refractivity contribution in [1.29, 1.82) is 0 Å². The van der Waals surface area contributed by atoms with Crippen molar-refractivity contribution in [2.45, 2.75) is 13.8 Å². The van der Waals surface area contributed by atoms with Gasteiger partial charge in [-0.2, -0.15) is 0 Å². The monoisotopic (exact) mass is 424 g/mol. The van der Waals surface area contributed by atoms with Crippen LogP contribution in [0.25, 0.3) is 5.57 Å². The summed E-state index contributed by atoms with van der Waals surface area (Å²) in [6.07, 6.45) is 0. The third-order valence-electron chi connectivity index (χ3n) is 4.88. The molecule has 2 heterocycles. The number of carboxylic acids is 1. The Morgan fingerprint density at radius 2 is 1.69 bits per heavy atom. The van der Waals surface area contributed by atoms with E-state index in [9.17, 15) is 19.5 Å². The molecule has 1 fully saturated rings. The van der Waals surface area contributed by atoms with Crippen LogP contribution in [-0.2, 0) is 14.4 Å². The van der Waals surface area contributed by atoms with Crippen LogP contribution in [0.5, 0.6) is 0 Å². The highest BCUT2D eigenvalue weighted by atomic mass is 32.2. The number of benzene rings is 2. The van der Waals surface area contributed by atoms with Gasteiger partial charge in [-0.1, -0.05) is 60.4 Å². The van der Waals surface area contributed by atoms with Crippen LogP contribution >= 0.6 is 24.0 Å². The molecule has 0 bridgehead atoms. The highest BCUT2D eigenvalue weighted by molar-refractivity contribution is 8.27. The predicted octanol–water partition coefficient (Wildman–Crippen LogP) is 3.51. The highest BCUT2D eigenvalue weighted by Gasteiger charge is 2.43. The number of rotatable bonds is 3. The Bertz CT molecular complexity index is 1120. The Kier molecular flexibility index (Phi) is 4.76. The molecule has 4 rings (SSSR count). The van der Waals surface area contributed by atoms with E-state index in [1.807, 2.05) is 32.0 Å². The molecule has 0 radical (unpaired) electrons. The van der Waals surface area contributed by atoms with E-state index >= 15 is 0 Å². The van der Waals surface area contributed by atoms with E-state index in [4.69, 9.17) is 12.2 Å². The number of amides is 2. The number of para-hydroxylation sites is 2. The number of thioether (sulfide) groups is 1. The molecule has 2 amide bonds. The molecule has 8 heteroatoms. The smallest absolute Gasteiger partial charge is 0.323 e. The number of hydrogen-bond acceptors (Lipinski definition) is 5. The van der Waals surface area contributed by atoms with E-state index in [-0.39, 0.29) is 16.4 Å². The largest absolute Gasteiger partial charge is 0.480 e. The molecular weight excluding hydrogens is 408 g/mol. The van der Waals surface area contributed by atoms with Crippen LogP contribution in [0.3, 0.4) is 0 Å². The van der Waals surface area contributed by atoms with Crippen molar-refractivity contribution in [2.75, 3.05) is 16.3 Å². The third-order valence-corrected chi connectivity index (χ3v) is 6.25. The van der Waals surface area contributed by atoms with Gasteiger partial charge in [-0.15, -0.1) is 0 Å². The number of anilines is 2. The quantitative estimate of drug-likeness (QED) is 0.600. The molecule has 2 aliphatic rings. The van der Waals surface area contributed by atoms with Crippen molar-refractivity contribution in [2.24, 2.45) is 0 Å². The van der Waals surface area contributed by atoms with Gasteiger partial charge < -0.3 is 5.11 Å². The van der Waals surface area contributed by atoms with E-state index in [0.29, 0.717) is 21.3 Å². The fraction of sp³-hybridized carbons (Fsp3) is 0.143. The number of aryl methyl sites for hydroxylation is 2. The average molecular weight is 425 g/mol. The minimum atomic E-state index is -1.13. The summed E-state index contributed by atoms with van der Waals surface area (Å²) in [7, 11) is 0. The molecule has 1 N–H and O–H groups in total. The minimum absolute atomic E-state index is 0.202. The molecule has 0 spiro atoms. The summed E-state index contributed by atoms with van der Waals surface area (Å²) in [6, 6.07) is 12.6. The van der Waals surface area contributed by atoms with Crippen LogP contribution in [0.1, 0.15) is 16.7 Å². The Morgan fingerprint density at radius 3 is 2.34 bits per heavy atom. The standard InChI is InChI=1S/C21H16N2O4S2/c1-11-6-5-7-12(2)17(11)23-20(27)18(29-21(23)28)16-13-8-3-4-9-14(13)22(19(16)26)10-15(24)25/h3-9H,10H2,1-2H3,(H,24,25)/b18-16-. The van der Waals surface area contributed by atoms with Gasteiger partial charge in [0.25, 0.3) is 11.8 Å². The molecule has 2 aliphatic heterocycles. The number of nitrogens with zero attached hydrogens (tertiary/aromatic N) is 2. The second-order valence-corrected chi connectivity index (χ2v) is 8.40. The van der Waals surface area contributed by atoms with Gasteiger partial charge in [0.15, 0.2) is 4.32 Å². The third kappa shape index (κ3) is 3.04. The Balaban J connectivity index is 1.86. The lowest BCUT2D eigenvalue weighted by atomic mass is 10.1. The van der Waals surface area contributed by atoms with Crippen molar-refractivity contribution in [3.8, 4) is 0 Å². The number of carbonyl (C=O) groups is 3. The van der Waals surface area contributed by atoms with Crippen molar-refractivity contribution < 1.29 is 19.5 Å². The highest BCUT2D eigenvalue weighted by Crippen LogP contribution is 2.46. The van der Waals surface area contributed by atoms with Gasteiger partial charge in [-0.05, 0) is 31.0 Å². The van der Waals surface area contributed by atoms with Gasteiger partial charge in [-0.3, -0.25) is 24.2 Å². The molecule has 1 saturated heterocycles. The lowest BCUT2D eigenvalue weighted by Gasteiger charge is -2.19. The lowest BCUT2D eigenvalue weighted by Crippen LogP contribution is -2.33. The van der Waals surface area contributed by atoms with Crippen LogP contribution < -0.4 is 9.80 Å². The molecule has 29 heavy (non-hydrogen) atoms. The second-order valence-electron chi connectivity index (χ2n) is 6.76. The van der Waals surface area contributed by atoms with E-state index in [2.05, 4.69) is 0 Å². The topological polar surface area (TPSA) is 77.9 Å². The van der Waals surface area contributed by atoms with Crippen molar-refractivity contribution in [3.05, 3.63) is 64.1 Å².